The van der Waals surface area contributed by atoms with Gasteiger partial charge in [-0.05, 0) is 35.4 Å². The average Bonchev–Trinajstić information content (AvgIpc) is 3.16. The minimum atomic E-state index is -0.142. The molecule has 0 saturated carbocycles. The lowest BCUT2D eigenvalue weighted by Gasteiger charge is -2.07. The highest BCUT2D eigenvalue weighted by atomic mass is 16.2. The Hall–Kier alpha value is -3.15. The van der Waals surface area contributed by atoms with Crippen molar-refractivity contribution in [3.8, 4) is 0 Å². The van der Waals surface area contributed by atoms with Gasteiger partial charge in [0, 0.05) is 17.8 Å². The lowest BCUT2D eigenvalue weighted by molar-refractivity contribution is -0.115. The number of rotatable bonds is 3. The molecule has 2 aromatic carbocycles. The quantitative estimate of drug-likeness (QED) is 0.691. The molecule has 1 aliphatic rings. The smallest absolute Gasteiger partial charge is 0.251 e. The van der Waals surface area contributed by atoms with Crippen molar-refractivity contribution in [2.24, 2.45) is 0 Å². The average molecular weight is 306 g/mol. The largest absolute Gasteiger partial charge is 0.348 e. The number of H-pyrrole nitrogens is 1. The number of nitrogens with one attached hydrogen (secondary N) is 3. The number of nitrogens with zero attached hydrogens (tertiary/aromatic N) is 1. The normalized spacial score (nSPS) is 13.0. The summed E-state index contributed by atoms with van der Waals surface area (Å²) in [6.45, 7) is 0.418. The number of carbonyl (C=O) groups excluding carboxylic acids is 2. The molecule has 1 aromatic heterocycles. The van der Waals surface area contributed by atoms with Crippen molar-refractivity contribution in [1.82, 2.24) is 15.3 Å². The number of aromatic amines is 1. The minimum Gasteiger partial charge on any atom is -0.348 e. The van der Waals surface area contributed by atoms with Gasteiger partial charge in [0.15, 0.2) is 0 Å². The van der Waals surface area contributed by atoms with Crippen molar-refractivity contribution < 1.29 is 9.59 Å². The highest BCUT2D eigenvalue weighted by Crippen LogP contribution is 2.23. The van der Waals surface area contributed by atoms with Crippen LogP contribution in [-0.2, 0) is 17.8 Å². The molecule has 0 fully saturated rings. The Bertz CT molecular complexity index is 929. The van der Waals surface area contributed by atoms with Crippen LogP contribution in [0.3, 0.4) is 0 Å². The van der Waals surface area contributed by atoms with Crippen LogP contribution in [0.25, 0.3) is 11.0 Å². The Kier molecular flexibility index (Phi) is 3.08. The number of amides is 2. The Morgan fingerprint density at radius 3 is 3.04 bits per heavy atom. The molecule has 3 N–H and O–H groups in total. The van der Waals surface area contributed by atoms with Crippen molar-refractivity contribution in [3.63, 3.8) is 0 Å². The summed E-state index contributed by atoms with van der Waals surface area (Å²) in [6.07, 6.45) is 2.00. The number of hydrogen-bond acceptors (Lipinski definition) is 3. The number of benzene rings is 2. The molecule has 6 heteroatoms. The fourth-order valence-corrected chi connectivity index (χ4v) is 2.75. The summed E-state index contributed by atoms with van der Waals surface area (Å²) in [5, 5.41) is 5.69. The van der Waals surface area contributed by atoms with Crippen LogP contribution in [0.2, 0.25) is 0 Å². The molecule has 0 atom stereocenters. The van der Waals surface area contributed by atoms with E-state index >= 15 is 0 Å². The van der Waals surface area contributed by atoms with Crippen LogP contribution in [-0.4, -0.2) is 21.8 Å². The zero-order valence-corrected chi connectivity index (χ0v) is 12.2. The maximum atomic E-state index is 12.3. The second kappa shape index (κ2) is 5.24. The highest BCUT2D eigenvalue weighted by Gasteiger charge is 2.17. The van der Waals surface area contributed by atoms with Gasteiger partial charge in [0.05, 0.1) is 23.8 Å². The monoisotopic (exact) mass is 306 g/mol. The molecular weight excluding hydrogens is 292 g/mol. The summed E-state index contributed by atoms with van der Waals surface area (Å²) in [7, 11) is 0. The van der Waals surface area contributed by atoms with Crippen LogP contribution in [0, 0.1) is 0 Å². The number of hydrogen-bond donors (Lipinski definition) is 3. The van der Waals surface area contributed by atoms with E-state index in [2.05, 4.69) is 20.6 Å². The molecule has 0 radical (unpaired) electrons. The number of imidazole rings is 1. The van der Waals surface area contributed by atoms with Crippen molar-refractivity contribution in [1.29, 1.82) is 0 Å². The van der Waals surface area contributed by atoms with Crippen LogP contribution < -0.4 is 10.6 Å². The Morgan fingerprint density at radius 2 is 2.13 bits per heavy atom. The van der Waals surface area contributed by atoms with Gasteiger partial charge in [0.25, 0.3) is 5.91 Å². The van der Waals surface area contributed by atoms with E-state index in [0.29, 0.717) is 18.5 Å². The first kappa shape index (κ1) is 13.5. The second-order valence-electron chi connectivity index (χ2n) is 5.53. The van der Waals surface area contributed by atoms with Gasteiger partial charge in [-0.1, -0.05) is 12.1 Å². The molecule has 2 amide bonds. The van der Waals surface area contributed by atoms with Gasteiger partial charge in [-0.25, -0.2) is 4.98 Å². The first-order valence-electron chi connectivity index (χ1n) is 7.32. The maximum Gasteiger partial charge on any atom is 0.251 e. The van der Waals surface area contributed by atoms with Gasteiger partial charge in [0.2, 0.25) is 5.91 Å². The lowest BCUT2D eigenvalue weighted by Crippen LogP contribution is -2.22. The molecule has 0 aliphatic carbocycles. The summed E-state index contributed by atoms with van der Waals surface area (Å²) >= 11 is 0. The van der Waals surface area contributed by atoms with E-state index in [4.69, 9.17) is 0 Å². The van der Waals surface area contributed by atoms with Crippen molar-refractivity contribution in [2.45, 2.75) is 13.0 Å². The van der Waals surface area contributed by atoms with Crippen LogP contribution in [0.4, 0.5) is 5.69 Å². The van der Waals surface area contributed by atoms with Crippen LogP contribution in [0.1, 0.15) is 21.5 Å². The predicted octanol–water partition coefficient (Wildman–Crippen LogP) is 1.99. The van der Waals surface area contributed by atoms with Gasteiger partial charge in [0.1, 0.15) is 0 Å². The minimum absolute atomic E-state index is 0.00838. The number of anilines is 1. The molecule has 1 aliphatic heterocycles. The standard InChI is InChI=1S/C17H14N4O2/c22-16-7-12-5-10(1-3-13(12)21-16)8-18-17(23)11-2-4-14-15(6-11)20-9-19-14/h1-6,9H,7-8H2,(H,18,23)(H,19,20)(H,21,22). The summed E-state index contributed by atoms with van der Waals surface area (Å²) in [4.78, 5) is 30.7. The summed E-state index contributed by atoms with van der Waals surface area (Å²) in [5.74, 6) is -0.134. The molecule has 4 rings (SSSR count). The van der Waals surface area contributed by atoms with Crippen LogP contribution in [0.5, 0.6) is 0 Å². The number of aromatic nitrogens is 2. The topological polar surface area (TPSA) is 86.9 Å². The predicted molar refractivity (Wildman–Crippen MR) is 86.0 cm³/mol. The van der Waals surface area contributed by atoms with Crippen molar-refractivity contribution in [3.05, 3.63) is 59.4 Å². The van der Waals surface area contributed by atoms with Gasteiger partial charge in [-0.2, -0.15) is 0 Å². The van der Waals surface area contributed by atoms with E-state index in [0.717, 1.165) is 27.8 Å². The first-order valence-corrected chi connectivity index (χ1v) is 7.32. The molecule has 114 valence electrons. The molecule has 3 aromatic rings. The Morgan fingerprint density at radius 1 is 1.22 bits per heavy atom. The van der Waals surface area contributed by atoms with E-state index < -0.39 is 0 Å². The number of fused-ring (bicyclic) bond motifs is 2. The van der Waals surface area contributed by atoms with Gasteiger partial charge in [-0.3, -0.25) is 9.59 Å². The number of carbonyl (C=O) groups is 2. The molecule has 2 heterocycles. The SMILES string of the molecule is O=C1Cc2cc(CNC(=O)c3ccc4nc[nH]c4c3)ccc2N1. The summed E-state index contributed by atoms with van der Waals surface area (Å²) < 4.78 is 0. The van der Waals surface area contributed by atoms with Gasteiger partial charge in [-0.15, -0.1) is 0 Å². The molecule has 0 saturated heterocycles. The van der Waals surface area contributed by atoms with Gasteiger partial charge < -0.3 is 15.6 Å². The van der Waals surface area contributed by atoms with E-state index in [1.54, 1.807) is 18.5 Å². The Labute approximate surface area is 131 Å². The first-order chi connectivity index (χ1) is 11.2. The van der Waals surface area contributed by atoms with Crippen LogP contribution in [0.15, 0.2) is 42.7 Å². The third-order valence-corrected chi connectivity index (χ3v) is 3.93. The second-order valence-corrected chi connectivity index (χ2v) is 5.53. The molecule has 0 unspecified atom stereocenters. The van der Waals surface area contributed by atoms with E-state index in [-0.39, 0.29) is 11.8 Å². The zero-order chi connectivity index (χ0) is 15.8. The van der Waals surface area contributed by atoms with Gasteiger partial charge >= 0.3 is 0 Å². The van der Waals surface area contributed by atoms with Crippen LogP contribution >= 0.6 is 0 Å². The molecule has 0 bridgehead atoms. The van der Waals surface area contributed by atoms with E-state index in [1.807, 2.05) is 24.3 Å². The van der Waals surface area contributed by atoms with Crippen molar-refractivity contribution in [2.75, 3.05) is 5.32 Å². The highest BCUT2D eigenvalue weighted by molar-refractivity contribution is 5.99. The maximum absolute atomic E-state index is 12.3. The molecular formula is C17H14N4O2. The molecule has 6 nitrogen and oxygen atoms in total. The third kappa shape index (κ3) is 2.55. The third-order valence-electron chi connectivity index (χ3n) is 3.93. The van der Waals surface area contributed by atoms with E-state index in [1.165, 1.54) is 0 Å². The lowest BCUT2D eigenvalue weighted by atomic mass is 10.1. The fourth-order valence-electron chi connectivity index (χ4n) is 2.75. The summed E-state index contributed by atoms with van der Waals surface area (Å²) in [6, 6.07) is 11.1. The fraction of sp³-hybridized carbons (Fsp3) is 0.118. The summed E-state index contributed by atoms with van der Waals surface area (Å²) in [5.41, 5.74) is 5.04. The zero-order valence-electron chi connectivity index (χ0n) is 12.2. The van der Waals surface area contributed by atoms with E-state index in [9.17, 15) is 9.59 Å². The Balaban J connectivity index is 1.47. The molecule has 0 spiro atoms. The van der Waals surface area contributed by atoms with Crippen molar-refractivity contribution >= 4 is 28.5 Å². The molecule has 23 heavy (non-hydrogen) atoms.